The van der Waals surface area contributed by atoms with Gasteiger partial charge in [-0.15, -0.1) is 0 Å². The lowest BCUT2D eigenvalue weighted by Crippen LogP contribution is -2.40. The number of carbonyl (C=O) groups is 2. The van der Waals surface area contributed by atoms with Gasteiger partial charge in [0, 0.05) is 11.7 Å². The molecule has 1 aromatic carbocycles. The molecular weight excluding hydrogens is 296 g/mol. The number of benzene rings is 1. The Labute approximate surface area is 135 Å². The topological polar surface area (TPSA) is 91.5 Å². The van der Waals surface area contributed by atoms with Crippen LogP contribution < -0.4 is 26.2 Å². The lowest BCUT2D eigenvalue weighted by Gasteiger charge is -2.23. The highest BCUT2D eigenvalue weighted by atomic mass is 16.5. The van der Waals surface area contributed by atoms with Gasteiger partial charge in [-0.25, -0.2) is 5.43 Å². The summed E-state index contributed by atoms with van der Waals surface area (Å²) in [5.41, 5.74) is 7.39. The van der Waals surface area contributed by atoms with E-state index in [0.717, 1.165) is 19.3 Å². The van der Waals surface area contributed by atoms with Gasteiger partial charge < -0.3 is 15.4 Å². The molecule has 0 bridgehead atoms. The first kappa shape index (κ1) is 15.8. The molecule has 7 nitrogen and oxygen atoms in total. The lowest BCUT2D eigenvalue weighted by atomic mass is 10.1. The van der Waals surface area contributed by atoms with Crippen LogP contribution in [0.5, 0.6) is 5.75 Å². The van der Waals surface area contributed by atoms with E-state index >= 15 is 0 Å². The predicted octanol–water partition coefficient (Wildman–Crippen LogP) is 1.38. The molecule has 1 fully saturated rings. The van der Waals surface area contributed by atoms with Gasteiger partial charge in [-0.3, -0.25) is 15.0 Å². The Kier molecular flexibility index (Phi) is 4.49. The molecule has 3 atom stereocenters. The largest absolute Gasteiger partial charge is 0.479 e. The molecule has 1 aromatic rings. The summed E-state index contributed by atoms with van der Waals surface area (Å²) in [6.07, 6.45) is 2.38. The standard InChI is InChI=1S/C16H22N4O3/c1-3-4-11-8-13(20-19-11)16(22)17-10-5-6-14-12(7-10)18-15(21)9(2)23-14/h5-7,9,11,13,19-20H,3-4,8H2,1-2H3,(H,17,22)(H,18,21). The van der Waals surface area contributed by atoms with Crippen molar-refractivity contribution in [2.45, 2.75) is 51.3 Å². The summed E-state index contributed by atoms with van der Waals surface area (Å²) in [5, 5.41) is 5.65. The zero-order chi connectivity index (χ0) is 16.4. The molecule has 4 N–H and O–H groups in total. The van der Waals surface area contributed by atoms with E-state index in [0.29, 0.717) is 23.2 Å². The molecule has 0 aromatic heterocycles. The van der Waals surface area contributed by atoms with Crippen molar-refractivity contribution in [2.24, 2.45) is 0 Å². The second kappa shape index (κ2) is 6.55. The molecule has 0 spiro atoms. The van der Waals surface area contributed by atoms with Gasteiger partial charge in [-0.2, -0.15) is 0 Å². The Morgan fingerprint density at radius 3 is 3.00 bits per heavy atom. The zero-order valence-electron chi connectivity index (χ0n) is 13.3. The number of rotatable bonds is 4. The van der Waals surface area contributed by atoms with Crippen molar-refractivity contribution < 1.29 is 14.3 Å². The molecule has 124 valence electrons. The molecule has 1 saturated heterocycles. The number of amides is 2. The first-order chi connectivity index (χ1) is 11.1. The lowest BCUT2D eigenvalue weighted by molar-refractivity contribution is -0.122. The quantitative estimate of drug-likeness (QED) is 0.673. The van der Waals surface area contributed by atoms with Crippen LogP contribution in [0, 0.1) is 0 Å². The maximum atomic E-state index is 12.3. The molecule has 0 radical (unpaired) electrons. The maximum Gasteiger partial charge on any atom is 0.265 e. The Morgan fingerprint density at radius 2 is 2.22 bits per heavy atom. The third-order valence-corrected chi connectivity index (χ3v) is 4.11. The summed E-state index contributed by atoms with van der Waals surface area (Å²) >= 11 is 0. The van der Waals surface area contributed by atoms with Crippen LogP contribution in [0.1, 0.15) is 33.1 Å². The Bertz CT molecular complexity index is 619. The van der Waals surface area contributed by atoms with Crippen LogP contribution in [0.4, 0.5) is 11.4 Å². The molecule has 23 heavy (non-hydrogen) atoms. The minimum atomic E-state index is -0.507. The molecule has 3 unspecified atom stereocenters. The van der Waals surface area contributed by atoms with Crippen LogP contribution in [0.15, 0.2) is 18.2 Å². The zero-order valence-corrected chi connectivity index (χ0v) is 13.3. The molecule has 2 aliphatic heterocycles. The minimum Gasteiger partial charge on any atom is -0.479 e. The molecule has 0 saturated carbocycles. The van der Waals surface area contributed by atoms with E-state index in [1.807, 2.05) is 0 Å². The monoisotopic (exact) mass is 318 g/mol. The van der Waals surface area contributed by atoms with Crippen molar-refractivity contribution in [3.05, 3.63) is 18.2 Å². The number of ether oxygens (including phenoxy) is 1. The van der Waals surface area contributed by atoms with E-state index in [4.69, 9.17) is 4.74 Å². The van der Waals surface area contributed by atoms with E-state index in [1.165, 1.54) is 0 Å². The molecule has 3 rings (SSSR count). The predicted molar refractivity (Wildman–Crippen MR) is 87.2 cm³/mol. The number of nitrogens with one attached hydrogen (secondary N) is 4. The smallest absolute Gasteiger partial charge is 0.265 e. The van der Waals surface area contributed by atoms with Gasteiger partial charge >= 0.3 is 0 Å². The third kappa shape index (κ3) is 3.46. The minimum absolute atomic E-state index is 0.0903. The fourth-order valence-corrected chi connectivity index (χ4v) is 2.85. The van der Waals surface area contributed by atoms with Crippen molar-refractivity contribution in [3.63, 3.8) is 0 Å². The first-order valence-corrected chi connectivity index (χ1v) is 8.00. The normalized spacial score (nSPS) is 26.2. The van der Waals surface area contributed by atoms with Crippen LogP contribution in [-0.4, -0.2) is 30.0 Å². The van der Waals surface area contributed by atoms with Gasteiger partial charge in [0.1, 0.15) is 11.8 Å². The van der Waals surface area contributed by atoms with Crippen molar-refractivity contribution in [1.82, 2.24) is 10.9 Å². The van der Waals surface area contributed by atoms with E-state index in [-0.39, 0.29) is 17.9 Å². The van der Waals surface area contributed by atoms with Gasteiger partial charge in [0.05, 0.1) is 5.69 Å². The van der Waals surface area contributed by atoms with E-state index in [2.05, 4.69) is 28.4 Å². The average molecular weight is 318 g/mol. The maximum absolute atomic E-state index is 12.3. The third-order valence-electron chi connectivity index (χ3n) is 4.11. The number of hydrogen-bond acceptors (Lipinski definition) is 5. The number of hydrazine groups is 1. The van der Waals surface area contributed by atoms with Gasteiger partial charge in [-0.05, 0) is 38.0 Å². The fraction of sp³-hybridized carbons (Fsp3) is 0.500. The average Bonchev–Trinajstić information content (AvgIpc) is 2.98. The van der Waals surface area contributed by atoms with Crippen LogP contribution >= 0.6 is 0 Å². The highest BCUT2D eigenvalue weighted by molar-refractivity contribution is 6.00. The van der Waals surface area contributed by atoms with Gasteiger partial charge in [-0.1, -0.05) is 13.3 Å². The number of carbonyl (C=O) groups excluding carboxylic acids is 2. The first-order valence-electron chi connectivity index (χ1n) is 8.00. The van der Waals surface area contributed by atoms with E-state index in [9.17, 15) is 9.59 Å². The molecule has 7 heteroatoms. The van der Waals surface area contributed by atoms with Crippen LogP contribution in [0.2, 0.25) is 0 Å². The second-order valence-corrected chi connectivity index (χ2v) is 6.01. The van der Waals surface area contributed by atoms with Crippen molar-refractivity contribution in [1.29, 1.82) is 0 Å². The number of anilines is 2. The summed E-state index contributed by atoms with van der Waals surface area (Å²) in [6.45, 7) is 3.82. The highest BCUT2D eigenvalue weighted by Gasteiger charge is 2.29. The fourth-order valence-electron chi connectivity index (χ4n) is 2.85. The number of hydrogen-bond donors (Lipinski definition) is 4. The molecule has 2 aliphatic rings. The van der Waals surface area contributed by atoms with Gasteiger partial charge in [0.25, 0.3) is 5.91 Å². The summed E-state index contributed by atoms with van der Waals surface area (Å²) in [7, 11) is 0. The summed E-state index contributed by atoms with van der Waals surface area (Å²) in [6, 6.07) is 5.30. The molecule has 2 heterocycles. The summed E-state index contributed by atoms with van der Waals surface area (Å²) in [5.74, 6) is 0.330. The van der Waals surface area contributed by atoms with Gasteiger partial charge in [0.15, 0.2) is 6.10 Å². The van der Waals surface area contributed by atoms with Crippen molar-refractivity contribution in [2.75, 3.05) is 10.6 Å². The van der Waals surface area contributed by atoms with E-state index in [1.54, 1.807) is 25.1 Å². The Morgan fingerprint density at radius 1 is 1.39 bits per heavy atom. The summed E-state index contributed by atoms with van der Waals surface area (Å²) < 4.78 is 5.50. The molecular formula is C16H22N4O3. The van der Waals surface area contributed by atoms with Crippen molar-refractivity contribution in [3.8, 4) is 5.75 Å². The highest BCUT2D eigenvalue weighted by Crippen LogP contribution is 2.32. The van der Waals surface area contributed by atoms with E-state index < -0.39 is 6.10 Å². The Hall–Kier alpha value is -2.12. The van der Waals surface area contributed by atoms with Crippen LogP contribution in [0.3, 0.4) is 0 Å². The van der Waals surface area contributed by atoms with Gasteiger partial charge in [0.2, 0.25) is 5.91 Å². The molecule has 0 aliphatic carbocycles. The second-order valence-electron chi connectivity index (χ2n) is 6.01. The summed E-state index contributed by atoms with van der Waals surface area (Å²) in [4.78, 5) is 24.0. The number of fused-ring (bicyclic) bond motifs is 1. The van der Waals surface area contributed by atoms with Crippen LogP contribution in [0.25, 0.3) is 0 Å². The SMILES string of the molecule is CCCC1CC(C(=O)Nc2ccc3c(c2)NC(=O)C(C)O3)NN1. The van der Waals surface area contributed by atoms with Crippen molar-refractivity contribution >= 4 is 23.2 Å². The molecule has 2 amide bonds. The Balaban J connectivity index is 1.64. The van der Waals surface area contributed by atoms with Crippen LogP contribution in [-0.2, 0) is 9.59 Å².